The zero-order chi connectivity index (χ0) is 10.5. The standard InChI is InChI=1S/C9H18ClNOS/c1-8(6-5-7-10)11-13(12)9(2,3)4/h5-7H2,1-4H3/b11-8+. The van der Waals surface area contributed by atoms with Crippen molar-refractivity contribution >= 4 is 28.3 Å². The van der Waals surface area contributed by atoms with Gasteiger partial charge in [0.2, 0.25) is 0 Å². The predicted octanol–water partition coefficient (Wildman–Crippen LogP) is 2.93. The lowest BCUT2D eigenvalue weighted by molar-refractivity contribution is 0.650. The molecule has 1 atom stereocenters. The summed E-state index contributed by atoms with van der Waals surface area (Å²) in [6.45, 7) is 7.65. The third-order valence-corrected chi connectivity index (χ3v) is 3.23. The minimum Gasteiger partial charge on any atom is -0.234 e. The highest BCUT2D eigenvalue weighted by molar-refractivity contribution is 7.85. The summed E-state index contributed by atoms with van der Waals surface area (Å²) in [6, 6.07) is 0. The summed E-state index contributed by atoms with van der Waals surface area (Å²) < 4.78 is 15.4. The van der Waals surface area contributed by atoms with Crippen molar-refractivity contribution in [2.24, 2.45) is 4.40 Å². The first kappa shape index (κ1) is 13.1. The third kappa shape index (κ3) is 6.22. The lowest BCUT2D eigenvalue weighted by atomic mass is 10.2. The van der Waals surface area contributed by atoms with Gasteiger partial charge in [-0.05, 0) is 40.5 Å². The van der Waals surface area contributed by atoms with Gasteiger partial charge in [-0.2, -0.15) is 4.40 Å². The first-order valence-electron chi connectivity index (χ1n) is 4.40. The predicted molar refractivity (Wildman–Crippen MR) is 61.0 cm³/mol. The molecule has 0 aromatic carbocycles. The highest BCUT2D eigenvalue weighted by atomic mass is 35.5. The van der Waals surface area contributed by atoms with Gasteiger partial charge < -0.3 is 0 Å². The number of hydrogen-bond acceptors (Lipinski definition) is 1. The normalized spacial score (nSPS) is 15.9. The van der Waals surface area contributed by atoms with Gasteiger partial charge in [-0.3, -0.25) is 0 Å². The number of alkyl halides is 1. The van der Waals surface area contributed by atoms with E-state index in [0.717, 1.165) is 18.6 Å². The van der Waals surface area contributed by atoms with Crippen LogP contribution in [0, 0.1) is 0 Å². The van der Waals surface area contributed by atoms with Crippen LogP contribution in [0.2, 0.25) is 0 Å². The average Bonchev–Trinajstić information content (AvgIpc) is 1.99. The summed E-state index contributed by atoms with van der Waals surface area (Å²) in [5.74, 6) is 0.634. The van der Waals surface area contributed by atoms with E-state index in [-0.39, 0.29) is 4.75 Å². The van der Waals surface area contributed by atoms with Gasteiger partial charge in [0, 0.05) is 11.6 Å². The van der Waals surface area contributed by atoms with Crippen molar-refractivity contribution < 1.29 is 4.21 Å². The van der Waals surface area contributed by atoms with Crippen LogP contribution in [0.1, 0.15) is 40.5 Å². The fourth-order valence-electron chi connectivity index (χ4n) is 0.647. The molecule has 13 heavy (non-hydrogen) atoms. The Hall–Kier alpha value is 0.110. The van der Waals surface area contributed by atoms with Crippen LogP contribution in [0.5, 0.6) is 0 Å². The minimum atomic E-state index is -1.13. The zero-order valence-corrected chi connectivity index (χ0v) is 10.3. The molecule has 0 N–H and O–H groups in total. The monoisotopic (exact) mass is 223 g/mol. The molecule has 0 aromatic rings. The lowest BCUT2D eigenvalue weighted by Gasteiger charge is -2.13. The second kappa shape index (κ2) is 5.76. The van der Waals surface area contributed by atoms with Crippen molar-refractivity contribution in [1.29, 1.82) is 0 Å². The molecule has 0 aliphatic carbocycles. The van der Waals surface area contributed by atoms with E-state index in [4.69, 9.17) is 11.6 Å². The Labute approximate surface area is 88.4 Å². The Bertz CT molecular complexity index is 208. The SMILES string of the molecule is C/C(CCCCl)=N\S(=O)C(C)(C)C. The molecule has 0 fully saturated rings. The molecule has 0 spiro atoms. The number of rotatable bonds is 4. The summed E-state index contributed by atoms with van der Waals surface area (Å²) in [5.41, 5.74) is 0.925. The third-order valence-electron chi connectivity index (χ3n) is 1.43. The van der Waals surface area contributed by atoms with Gasteiger partial charge in [0.1, 0.15) is 11.0 Å². The highest BCUT2D eigenvalue weighted by Gasteiger charge is 2.18. The van der Waals surface area contributed by atoms with Crippen molar-refractivity contribution in [3.63, 3.8) is 0 Å². The first-order valence-corrected chi connectivity index (χ1v) is 6.04. The van der Waals surface area contributed by atoms with Gasteiger partial charge in [-0.25, -0.2) is 4.21 Å². The van der Waals surface area contributed by atoms with Crippen LogP contribution in [-0.4, -0.2) is 20.5 Å². The number of halogens is 1. The molecule has 0 amide bonds. The maximum atomic E-state index is 11.5. The molecule has 2 nitrogen and oxygen atoms in total. The van der Waals surface area contributed by atoms with E-state index < -0.39 is 11.0 Å². The average molecular weight is 224 g/mol. The molecule has 78 valence electrons. The van der Waals surface area contributed by atoms with Crippen LogP contribution in [0.4, 0.5) is 0 Å². The fourth-order valence-corrected chi connectivity index (χ4v) is 1.43. The fraction of sp³-hybridized carbons (Fsp3) is 0.889. The van der Waals surface area contributed by atoms with Crippen LogP contribution < -0.4 is 0 Å². The minimum absolute atomic E-state index is 0.262. The Morgan fingerprint density at radius 2 is 2.00 bits per heavy atom. The molecule has 0 rings (SSSR count). The summed E-state index contributed by atoms with van der Waals surface area (Å²) in [5, 5.41) is 0. The molecule has 1 unspecified atom stereocenters. The van der Waals surface area contributed by atoms with Crippen LogP contribution in [-0.2, 0) is 11.0 Å². The van der Waals surface area contributed by atoms with Gasteiger partial charge in [0.05, 0.1) is 4.75 Å². The second-order valence-corrected chi connectivity index (χ2v) is 6.26. The molecule has 0 aromatic heterocycles. The maximum absolute atomic E-state index is 11.5. The van der Waals surface area contributed by atoms with Gasteiger partial charge >= 0.3 is 0 Å². The van der Waals surface area contributed by atoms with Gasteiger partial charge in [-0.1, -0.05) is 0 Å². The second-order valence-electron chi connectivity index (χ2n) is 3.98. The Morgan fingerprint density at radius 3 is 2.38 bits per heavy atom. The smallest absolute Gasteiger partial charge is 0.144 e. The molecule has 0 radical (unpaired) electrons. The first-order chi connectivity index (χ1) is 5.88. The molecule has 4 heteroatoms. The van der Waals surface area contributed by atoms with E-state index in [2.05, 4.69) is 4.40 Å². The molecular weight excluding hydrogens is 206 g/mol. The van der Waals surface area contributed by atoms with E-state index in [1.807, 2.05) is 27.7 Å². The van der Waals surface area contributed by atoms with Crippen LogP contribution >= 0.6 is 11.6 Å². The Balaban J connectivity index is 4.15. The number of hydrogen-bond donors (Lipinski definition) is 0. The summed E-state index contributed by atoms with van der Waals surface area (Å²) in [6.07, 6.45) is 1.74. The van der Waals surface area contributed by atoms with E-state index in [9.17, 15) is 4.21 Å². The molecule has 0 aliphatic heterocycles. The van der Waals surface area contributed by atoms with Crippen LogP contribution in [0.25, 0.3) is 0 Å². The summed E-state index contributed by atoms with van der Waals surface area (Å²) >= 11 is 5.54. The zero-order valence-electron chi connectivity index (χ0n) is 8.76. The topological polar surface area (TPSA) is 29.4 Å². The van der Waals surface area contributed by atoms with Crippen molar-refractivity contribution in [2.75, 3.05) is 5.88 Å². The van der Waals surface area contributed by atoms with Crippen molar-refractivity contribution in [2.45, 2.75) is 45.3 Å². The van der Waals surface area contributed by atoms with E-state index in [1.165, 1.54) is 0 Å². The van der Waals surface area contributed by atoms with E-state index >= 15 is 0 Å². The molecular formula is C9H18ClNOS. The van der Waals surface area contributed by atoms with Gasteiger partial charge in [0.25, 0.3) is 0 Å². The largest absolute Gasteiger partial charge is 0.234 e. The van der Waals surface area contributed by atoms with Crippen molar-refractivity contribution in [1.82, 2.24) is 0 Å². The summed E-state index contributed by atoms with van der Waals surface area (Å²) in [7, 11) is -1.13. The Morgan fingerprint density at radius 1 is 1.46 bits per heavy atom. The highest BCUT2D eigenvalue weighted by Crippen LogP contribution is 2.13. The maximum Gasteiger partial charge on any atom is 0.144 e. The van der Waals surface area contributed by atoms with Crippen LogP contribution in [0.15, 0.2) is 4.40 Å². The molecule has 0 saturated heterocycles. The molecule has 0 saturated carbocycles. The van der Waals surface area contributed by atoms with Crippen molar-refractivity contribution in [3.8, 4) is 0 Å². The van der Waals surface area contributed by atoms with Gasteiger partial charge in [0.15, 0.2) is 0 Å². The van der Waals surface area contributed by atoms with Crippen molar-refractivity contribution in [3.05, 3.63) is 0 Å². The lowest BCUT2D eigenvalue weighted by Crippen LogP contribution is -2.20. The molecule has 0 aliphatic rings. The molecule has 0 bridgehead atoms. The van der Waals surface area contributed by atoms with E-state index in [1.54, 1.807) is 0 Å². The van der Waals surface area contributed by atoms with E-state index in [0.29, 0.717) is 5.88 Å². The van der Waals surface area contributed by atoms with Gasteiger partial charge in [-0.15, -0.1) is 11.6 Å². The quantitative estimate of drug-likeness (QED) is 0.532. The van der Waals surface area contributed by atoms with Crippen LogP contribution in [0.3, 0.4) is 0 Å². The Kier molecular flexibility index (Phi) is 5.81. The summed E-state index contributed by atoms with van der Waals surface area (Å²) in [4.78, 5) is 0. The molecule has 0 heterocycles. The number of nitrogens with zero attached hydrogens (tertiary/aromatic N) is 1.